The van der Waals surface area contributed by atoms with Gasteiger partial charge in [0, 0.05) is 25.2 Å². The van der Waals surface area contributed by atoms with Crippen molar-refractivity contribution in [2.24, 2.45) is 5.92 Å². The molecule has 23 heavy (non-hydrogen) atoms. The molecule has 1 unspecified atom stereocenters. The van der Waals surface area contributed by atoms with Gasteiger partial charge in [-0.15, -0.1) is 0 Å². The Balaban J connectivity index is 1.84. The molecule has 1 fully saturated rings. The van der Waals surface area contributed by atoms with Crippen molar-refractivity contribution in [3.63, 3.8) is 0 Å². The van der Waals surface area contributed by atoms with E-state index in [1.165, 1.54) is 0 Å². The molecule has 1 aliphatic rings. The number of amides is 1. The second kappa shape index (κ2) is 7.70. The number of nitrogens with zero attached hydrogens (tertiary/aromatic N) is 1. The normalized spacial score (nSPS) is 17.9. The molecule has 3 N–H and O–H groups in total. The highest BCUT2D eigenvalue weighted by Crippen LogP contribution is 2.21. The number of aliphatic hydroxyl groups excluding tert-OH is 1. The summed E-state index contributed by atoms with van der Waals surface area (Å²) >= 11 is 0. The van der Waals surface area contributed by atoms with Crippen molar-refractivity contribution in [1.82, 2.24) is 10.2 Å². The van der Waals surface area contributed by atoms with E-state index in [1.54, 1.807) is 0 Å². The summed E-state index contributed by atoms with van der Waals surface area (Å²) < 4.78 is 26.5. The zero-order valence-corrected chi connectivity index (χ0v) is 13.1. The zero-order valence-electron chi connectivity index (χ0n) is 13.1. The largest absolute Gasteiger partial charge is 0.507 e. The number of aromatic hydroxyl groups is 1. The van der Waals surface area contributed by atoms with E-state index in [-0.39, 0.29) is 6.54 Å². The average molecular weight is 328 g/mol. The first-order chi connectivity index (χ1) is 10.9. The monoisotopic (exact) mass is 328 g/mol. The molecule has 0 saturated carbocycles. The van der Waals surface area contributed by atoms with Crippen LogP contribution in [0.3, 0.4) is 0 Å². The number of nitrogens with one attached hydrogen (secondary N) is 1. The molecule has 1 aromatic carbocycles. The summed E-state index contributed by atoms with van der Waals surface area (Å²) in [5.74, 6) is -3.06. The molecule has 0 radical (unpaired) electrons. The van der Waals surface area contributed by atoms with E-state index in [9.17, 15) is 23.8 Å². The Kier molecular flexibility index (Phi) is 5.90. The Morgan fingerprint density at radius 2 is 2.04 bits per heavy atom. The van der Waals surface area contributed by atoms with Crippen molar-refractivity contribution in [1.29, 1.82) is 0 Å². The Morgan fingerprint density at radius 1 is 1.39 bits per heavy atom. The lowest BCUT2D eigenvalue weighted by molar-refractivity contribution is 0.0791. The second-order valence-corrected chi connectivity index (χ2v) is 6.13. The molecule has 0 aliphatic carbocycles. The van der Waals surface area contributed by atoms with Crippen molar-refractivity contribution in [2.75, 3.05) is 26.2 Å². The number of carbonyl (C=O) groups excluding carboxylic acids is 1. The van der Waals surface area contributed by atoms with Gasteiger partial charge in [0.2, 0.25) is 0 Å². The van der Waals surface area contributed by atoms with Gasteiger partial charge in [-0.3, -0.25) is 4.79 Å². The zero-order chi connectivity index (χ0) is 17.0. The van der Waals surface area contributed by atoms with Gasteiger partial charge in [0.25, 0.3) is 5.91 Å². The molecule has 1 aromatic rings. The number of piperidine rings is 1. The van der Waals surface area contributed by atoms with Gasteiger partial charge >= 0.3 is 0 Å². The SMILES string of the molecule is CC1CCN(CC(O)CNC(=O)c2c(O)cc(F)cc2F)CC1. The van der Waals surface area contributed by atoms with Crippen LogP contribution in [0, 0.1) is 17.6 Å². The van der Waals surface area contributed by atoms with E-state index in [4.69, 9.17) is 0 Å². The predicted molar refractivity (Wildman–Crippen MR) is 81.2 cm³/mol. The third kappa shape index (κ3) is 4.87. The van der Waals surface area contributed by atoms with Crippen molar-refractivity contribution in [2.45, 2.75) is 25.9 Å². The van der Waals surface area contributed by atoms with Crippen molar-refractivity contribution >= 4 is 5.91 Å². The van der Waals surface area contributed by atoms with Gasteiger partial charge in [-0.05, 0) is 31.8 Å². The molecule has 2 rings (SSSR count). The summed E-state index contributed by atoms with van der Waals surface area (Å²) in [5.41, 5.74) is -0.620. The van der Waals surface area contributed by atoms with Crippen molar-refractivity contribution in [3.05, 3.63) is 29.3 Å². The summed E-state index contributed by atoms with van der Waals surface area (Å²) in [7, 11) is 0. The molecule has 5 nitrogen and oxygen atoms in total. The number of phenolic OH excluding ortho intramolecular Hbond substituents is 1. The van der Waals surface area contributed by atoms with Crippen LogP contribution in [-0.4, -0.2) is 53.3 Å². The lowest BCUT2D eigenvalue weighted by atomic mass is 9.99. The van der Waals surface area contributed by atoms with Gasteiger partial charge < -0.3 is 20.4 Å². The number of phenols is 1. The number of likely N-dealkylation sites (tertiary alicyclic amines) is 1. The van der Waals surface area contributed by atoms with Gasteiger partial charge in [0.15, 0.2) is 0 Å². The van der Waals surface area contributed by atoms with E-state index in [0.717, 1.165) is 25.9 Å². The topological polar surface area (TPSA) is 72.8 Å². The number of β-amino-alcohol motifs (C(OH)–C–C–N with tert-alkyl or cyclic N) is 1. The van der Waals surface area contributed by atoms with Crippen LogP contribution in [0.5, 0.6) is 5.75 Å². The van der Waals surface area contributed by atoms with Crippen LogP contribution >= 0.6 is 0 Å². The molecule has 7 heteroatoms. The fraction of sp³-hybridized carbons (Fsp3) is 0.562. The van der Waals surface area contributed by atoms with E-state index < -0.39 is 35.0 Å². The third-order valence-electron chi connectivity index (χ3n) is 4.10. The maximum atomic E-state index is 13.6. The molecule has 1 saturated heterocycles. The maximum absolute atomic E-state index is 13.6. The minimum Gasteiger partial charge on any atom is -0.507 e. The first kappa shape index (κ1) is 17.6. The van der Waals surface area contributed by atoms with Crippen molar-refractivity contribution < 1.29 is 23.8 Å². The number of hydrogen-bond acceptors (Lipinski definition) is 4. The first-order valence-corrected chi connectivity index (χ1v) is 7.73. The summed E-state index contributed by atoms with van der Waals surface area (Å²) in [5, 5.41) is 21.8. The minimum absolute atomic E-state index is 0.0683. The lowest BCUT2D eigenvalue weighted by Crippen LogP contribution is -2.43. The Hall–Kier alpha value is -1.73. The lowest BCUT2D eigenvalue weighted by Gasteiger charge is -2.31. The number of carbonyl (C=O) groups is 1. The molecule has 0 bridgehead atoms. The Bertz CT molecular complexity index is 537. The van der Waals surface area contributed by atoms with Crippen LogP contribution in [0.25, 0.3) is 0 Å². The molecular weight excluding hydrogens is 306 g/mol. The Labute approximate surface area is 133 Å². The maximum Gasteiger partial charge on any atom is 0.258 e. The van der Waals surface area contributed by atoms with Crippen LogP contribution in [0.2, 0.25) is 0 Å². The molecule has 1 heterocycles. The van der Waals surface area contributed by atoms with Gasteiger partial charge in [0.05, 0.1) is 6.10 Å². The highest BCUT2D eigenvalue weighted by atomic mass is 19.1. The molecule has 128 valence electrons. The number of hydrogen-bond donors (Lipinski definition) is 3. The van der Waals surface area contributed by atoms with Gasteiger partial charge in [-0.25, -0.2) is 8.78 Å². The van der Waals surface area contributed by atoms with Crippen molar-refractivity contribution in [3.8, 4) is 5.75 Å². The van der Waals surface area contributed by atoms with Crippen LogP contribution in [0.1, 0.15) is 30.1 Å². The summed E-state index contributed by atoms with van der Waals surface area (Å²) in [6.45, 7) is 4.35. The number of benzene rings is 1. The van der Waals surface area contributed by atoms with Crippen LogP contribution in [0.4, 0.5) is 8.78 Å². The predicted octanol–water partition coefficient (Wildman–Crippen LogP) is 1.49. The highest BCUT2D eigenvalue weighted by molar-refractivity contribution is 5.97. The number of rotatable bonds is 5. The molecule has 1 atom stereocenters. The van der Waals surface area contributed by atoms with E-state index in [0.29, 0.717) is 24.6 Å². The average Bonchev–Trinajstić information content (AvgIpc) is 2.46. The van der Waals surface area contributed by atoms with E-state index in [1.807, 2.05) is 0 Å². The smallest absolute Gasteiger partial charge is 0.258 e. The first-order valence-electron chi connectivity index (χ1n) is 7.73. The summed E-state index contributed by atoms with van der Waals surface area (Å²) in [6.07, 6.45) is 1.36. The van der Waals surface area contributed by atoms with E-state index >= 15 is 0 Å². The quantitative estimate of drug-likeness (QED) is 0.766. The summed E-state index contributed by atoms with van der Waals surface area (Å²) in [4.78, 5) is 14.0. The number of aliphatic hydroxyl groups is 1. The standard InChI is InChI=1S/C16H22F2N2O3/c1-10-2-4-20(5-3-10)9-12(21)8-19-16(23)15-13(18)6-11(17)7-14(15)22/h6-7,10,12,21-22H,2-5,8-9H2,1H3,(H,19,23). The molecule has 0 spiro atoms. The van der Waals surface area contributed by atoms with Gasteiger partial charge in [-0.2, -0.15) is 0 Å². The summed E-state index contributed by atoms with van der Waals surface area (Å²) in [6, 6.07) is 1.20. The van der Waals surface area contributed by atoms with Crippen LogP contribution in [0.15, 0.2) is 12.1 Å². The highest BCUT2D eigenvalue weighted by Gasteiger charge is 2.21. The molecule has 1 amide bonds. The van der Waals surface area contributed by atoms with Gasteiger partial charge in [-0.1, -0.05) is 6.92 Å². The molecule has 0 aromatic heterocycles. The van der Waals surface area contributed by atoms with Crippen LogP contribution in [-0.2, 0) is 0 Å². The number of halogens is 2. The molecule has 1 aliphatic heterocycles. The fourth-order valence-corrected chi connectivity index (χ4v) is 2.69. The fourth-order valence-electron chi connectivity index (χ4n) is 2.69. The minimum atomic E-state index is -1.14. The second-order valence-electron chi connectivity index (χ2n) is 6.13. The molecular formula is C16H22F2N2O3. The van der Waals surface area contributed by atoms with Gasteiger partial charge in [0.1, 0.15) is 22.9 Å². The van der Waals surface area contributed by atoms with Crippen LogP contribution < -0.4 is 5.32 Å². The van der Waals surface area contributed by atoms with E-state index in [2.05, 4.69) is 17.1 Å². The Morgan fingerprint density at radius 3 is 2.65 bits per heavy atom. The third-order valence-corrected chi connectivity index (χ3v) is 4.10.